The van der Waals surface area contributed by atoms with Crippen molar-refractivity contribution in [1.29, 1.82) is 0 Å². The molecule has 1 aromatic heterocycles. The van der Waals surface area contributed by atoms with Crippen LogP contribution in [-0.2, 0) is 13.0 Å². The van der Waals surface area contributed by atoms with Crippen molar-refractivity contribution in [3.8, 4) is 0 Å². The molecule has 1 N–H and O–H groups in total. The highest BCUT2D eigenvalue weighted by Gasteiger charge is 2.31. The molecule has 5 rings (SSSR count). The van der Waals surface area contributed by atoms with Gasteiger partial charge in [-0.3, -0.25) is 9.69 Å². The lowest BCUT2D eigenvalue weighted by atomic mass is 10.0. The largest absolute Gasteiger partial charge is 0.478 e. The van der Waals surface area contributed by atoms with Crippen molar-refractivity contribution >= 4 is 22.8 Å². The molecule has 0 spiro atoms. The van der Waals surface area contributed by atoms with Gasteiger partial charge in [0.25, 0.3) is 5.91 Å². The van der Waals surface area contributed by atoms with Gasteiger partial charge in [-0.15, -0.1) is 0 Å². The summed E-state index contributed by atoms with van der Waals surface area (Å²) in [5, 5.41) is 10.2. The van der Waals surface area contributed by atoms with Gasteiger partial charge in [0.2, 0.25) is 0 Å². The van der Waals surface area contributed by atoms with Gasteiger partial charge >= 0.3 is 5.97 Å². The number of fused-ring (bicyclic) bond motifs is 3. The molecule has 2 aliphatic rings. The average Bonchev–Trinajstić information content (AvgIpc) is 3.14. The lowest BCUT2D eigenvalue weighted by Crippen LogP contribution is -2.48. The van der Waals surface area contributed by atoms with Crippen molar-refractivity contribution in [1.82, 2.24) is 19.3 Å². The van der Waals surface area contributed by atoms with Gasteiger partial charge in [0.05, 0.1) is 11.1 Å². The van der Waals surface area contributed by atoms with E-state index in [0.717, 1.165) is 80.0 Å². The standard InChI is InChI=1S/C26H30N4O3/c1-27-12-14-28(15-13-27)16-17-29-11-10-23-24(25(29)31)21-4-2-3-5-22(21)30(23)18-19-6-8-20(9-7-19)26(32)33/h2-9H,10-18H2,1H3,(H,32,33). The Hall–Kier alpha value is -3.16. The van der Waals surface area contributed by atoms with E-state index in [4.69, 9.17) is 0 Å². The van der Waals surface area contributed by atoms with Gasteiger partial charge in [0, 0.05) is 75.4 Å². The second-order valence-electron chi connectivity index (χ2n) is 9.11. The van der Waals surface area contributed by atoms with Crippen LogP contribution in [0.2, 0.25) is 0 Å². The molecule has 3 aromatic rings. The van der Waals surface area contributed by atoms with Gasteiger partial charge in [-0.05, 0) is 30.8 Å². The third-order valence-corrected chi connectivity index (χ3v) is 7.02. The number of rotatable bonds is 6. The number of carboxylic acid groups (broad SMARTS) is 1. The Morgan fingerprint density at radius 1 is 0.939 bits per heavy atom. The summed E-state index contributed by atoms with van der Waals surface area (Å²) in [6.45, 7) is 7.31. The zero-order chi connectivity index (χ0) is 22.9. The number of likely N-dealkylation sites (N-methyl/N-ethyl adjacent to an activating group) is 1. The van der Waals surface area contributed by atoms with Crippen LogP contribution in [0.15, 0.2) is 48.5 Å². The molecule has 172 valence electrons. The molecule has 7 nitrogen and oxygen atoms in total. The molecule has 0 unspecified atom stereocenters. The van der Waals surface area contributed by atoms with Gasteiger partial charge in [0.1, 0.15) is 0 Å². The first-order chi connectivity index (χ1) is 16.0. The fourth-order valence-electron chi connectivity index (χ4n) is 5.02. The number of hydrogen-bond acceptors (Lipinski definition) is 4. The number of carboxylic acids is 1. The third-order valence-electron chi connectivity index (χ3n) is 7.02. The highest BCUT2D eigenvalue weighted by atomic mass is 16.4. The number of aromatic nitrogens is 1. The Morgan fingerprint density at radius 2 is 1.67 bits per heavy atom. The second-order valence-corrected chi connectivity index (χ2v) is 9.11. The van der Waals surface area contributed by atoms with Crippen molar-refractivity contribution < 1.29 is 14.7 Å². The number of hydrogen-bond donors (Lipinski definition) is 1. The van der Waals surface area contributed by atoms with Crippen LogP contribution in [0.25, 0.3) is 10.9 Å². The number of benzene rings is 2. The van der Waals surface area contributed by atoms with E-state index in [2.05, 4.69) is 27.5 Å². The fraction of sp³-hybridized carbons (Fsp3) is 0.385. The summed E-state index contributed by atoms with van der Waals surface area (Å²) in [4.78, 5) is 31.6. The molecule has 0 bridgehead atoms. The van der Waals surface area contributed by atoms with Gasteiger partial charge in [-0.2, -0.15) is 0 Å². The van der Waals surface area contributed by atoms with E-state index in [1.54, 1.807) is 12.1 Å². The first kappa shape index (κ1) is 21.7. The normalized spacial score (nSPS) is 17.5. The molecule has 0 aliphatic carbocycles. The maximum absolute atomic E-state index is 13.6. The number of piperazine rings is 1. The summed E-state index contributed by atoms with van der Waals surface area (Å²) < 4.78 is 2.23. The summed E-state index contributed by atoms with van der Waals surface area (Å²) in [7, 11) is 2.16. The zero-order valence-corrected chi connectivity index (χ0v) is 19.0. The van der Waals surface area contributed by atoms with Crippen LogP contribution in [0.5, 0.6) is 0 Å². The molecule has 2 aliphatic heterocycles. The highest BCUT2D eigenvalue weighted by Crippen LogP contribution is 2.31. The third kappa shape index (κ3) is 4.26. The van der Waals surface area contributed by atoms with Crippen LogP contribution in [0.3, 0.4) is 0 Å². The highest BCUT2D eigenvalue weighted by molar-refractivity contribution is 6.09. The molecular weight excluding hydrogens is 416 g/mol. The lowest BCUT2D eigenvalue weighted by molar-refractivity contribution is 0.0689. The molecule has 2 aromatic carbocycles. The maximum Gasteiger partial charge on any atom is 0.335 e. The predicted octanol–water partition coefficient (Wildman–Crippen LogP) is 2.63. The molecular formula is C26H30N4O3. The summed E-state index contributed by atoms with van der Waals surface area (Å²) in [6, 6.07) is 15.1. The van der Waals surface area contributed by atoms with E-state index in [1.165, 1.54) is 0 Å². The van der Waals surface area contributed by atoms with Crippen LogP contribution >= 0.6 is 0 Å². The topological polar surface area (TPSA) is 69.0 Å². The predicted molar refractivity (Wildman–Crippen MR) is 128 cm³/mol. The minimum Gasteiger partial charge on any atom is -0.478 e. The monoisotopic (exact) mass is 446 g/mol. The Bertz CT molecular complexity index is 1180. The lowest BCUT2D eigenvalue weighted by Gasteiger charge is -2.35. The Labute approximate surface area is 193 Å². The van der Waals surface area contributed by atoms with Crippen LogP contribution in [0, 0.1) is 0 Å². The molecule has 0 atom stereocenters. The van der Waals surface area contributed by atoms with E-state index >= 15 is 0 Å². The zero-order valence-electron chi connectivity index (χ0n) is 19.0. The Kier molecular flexibility index (Phi) is 5.91. The maximum atomic E-state index is 13.6. The number of nitrogens with zero attached hydrogens (tertiary/aromatic N) is 4. The SMILES string of the molecule is CN1CCN(CCN2CCc3c(c4ccccc4n3Cc3ccc(C(=O)O)cc3)C2=O)CC1. The van der Waals surface area contributed by atoms with Crippen molar-refractivity contribution in [2.45, 2.75) is 13.0 Å². The molecule has 7 heteroatoms. The average molecular weight is 447 g/mol. The minimum absolute atomic E-state index is 0.126. The first-order valence-corrected chi connectivity index (χ1v) is 11.6. The number of para-hydroxylation sites is 1. The van der Waals surface area contributed by atoms with E-state index in [-0.39, 0.29) is 11.5 Å². The van der Waals surface area contributed by atoms with E-state index in [1.807, 2.05) is 35.2 Å². The second kappa shape index (κ2) is 9.00. The van der Waals surface area contributed by atoms with Crippen LogP contribution < -0.4 is 0 Å². The summed E-state index contributed by atoms with van der Waals surface area (Å²) in [6.07, 6.45) is 0.825. The fourth-order valence-corrected chi connectivity index (χ4v) is 5.02. The van der Waals surface area contributed by atoms with Crippen molar-refractivity contribution in [2.75, 3.05) is 52.9 Å². The summed E-state index contributed by atoms with van der Waals surface area (Å²) >= 11 is 0. The van der Waals surface area contributed by atoms with E-state index in [0.29, 0.717) is 6.54 Å². The van der Waals surface area contributed by atoms with Gasteiger partial charge in [-0.1, -0.05) is 30.3 Å². The molecule has 3 heterocycles. The van der Waals surface area contributed by atoms with Gasteiger partial charge in [0.15, 0.2) is 0 Å². The molecule has 1 amide bonds. The molecule has 33 heavy (non-hydrogen) atoms. The van der Waals surface area contributed by atoms with Crippen molar-refractivity contribution in [2.24, 2.45) is 0 Å². The number of carbonyl (C=O) groups excluding carboxylic acids is 1. The summed E-state index contributed by atoms with van der Waals surface area (Å²) in [5.74, 6) is -0.797. The van der Waals surface area contributed by atoms with E-state index in [9.17, 15) is 14.7 Å². The van der Waals surface area contributed by atoms with Crippen LogP contribution in [-0.4, -0.2) is 89.1 Å². The Morgan fingerprint density at radius 3 is 2.39 bits per heavy atom. The van der Waals surface area contributed by atoms with Gasteiger partial charge < -0.3 is 19.5 Å². The van der Waals surface area contributed by atoms with Gasteiger partial charge in [-0.25, -0.2) is 4.79 Å². The number of amides is 1. The number of carbonyl (C=O) groups is 2. The summed E-state index contributed by atoms with van der Waals surface area (Å²) in [5.41, 5.74) is 4.27. The smallest absolute Gasteiger partial charge is 0.335 e. The molecule has 0 saturated carbocycles. The van der Waals surface area contributed by atoms with E-state index < -0.39 is 5.97 Å². The van der Waals surface area contributed by atoms with Crippen LogP contribution in [0.4, 0.5) is 0 Å². The molecule has 1 fully saturated rings. The Balaban J connectivity index is 1.39. The molecule has 0 radical (unpaired) electrons. The van der Waals surface area contributed by atoms with Crippen molar-refractivity contribution in [3.63, 3.8) is 0 Å². The molecule has 1 saturated heterocycles. The minimum atomic E-state index is -0.924. The van der Waals surface area contributed by atoms with Crippen LogP contribution in [0.1, 0.15) is 32.0 Å². The quantitative estimate of drug-likeness (QED) is 0.631. The van der Waals surface area contributed by atoms with Crippen molar-refractivity contribution in [3.05, 3.63) is 70.9 Å². The first-order valence-electron chi connectivity index (χ1n) is 11.6. The number of aromatic carboxylic acids is 1.